The minimum absolute atomic E-state index is 0.297. The number of carbonyl (C=O) groups excluding carboxylic acids is 1. The van der Waals surface area contributed by atoms with Crippen LogP contribution in [0.5, 0.6) is 0 Å². The predicted octanol–water partition coefficient (Wildman–Crippen LogP) is 2.34. The number of amides is 1. The van der Waals surface area contributed by atoms with Gasteiger partial charge < -0.3 is 10.4 Å². The van der Waals surface area contributed by atoms with Gasteiger partial charge in [0.2, 0.25) is 0 Å². The number of hydrogen-bond acceptors (Lipinski definition) is 5. The van der Waals surface area contributed by atoms with E-state index in [0.717, 1.165) is 12.5 Å². The summed E-state index contributed by atoms with van der Waals surface area (Å²) in [4.78, 5) is 15.5. The summed E-state index contributed by atoms with van der Waals surface area (Å²) in [5, 5.41) is 17.0. The molecule has 1 amide bonds. The number of aliphatic hydroxyl groups is 1. The van der Waals surface area contributed by atoms with Crippen LogP contribution < -0.4 is 10.7 Å². The van der Waals surface area contributed by atoms with Gasteiger partial charge in [-0.25, -0.2) is 4.99 Å². The zero-order valence-electron chi connectivity index (χ0n) is 15.0. The van der Waals surface area contributed by atoms with E-state index in [1.807, 2.05) is 6.92 Å². The SMILES string of the molecule is C=C(N=C(C)C(F)(F)F)C(=O)NC1=C(C(C)(C)O)CC2(C)NN=CC2=C1. The Hall–Kier alpha value is -2.42. The van der Waals surface area contributed by atoms with E-state index < -0.39 is 34.6 Å². The predicted molar refractivity (Wildman–Crippen MR) is 92.5 cm³/mol. The van der Waals surface area contributed by atoms with Crippen molar-refractivity contribution in [1.82, 2.24) is 10.7 Å². The first-order valence-corrected chi connectivity index (χ1v) is 7.85. The lowest BCUT2D eigenvalue weighted by Gasteiger charge is -2.36. The topological polar surface area (TPSA) is 86.1 Å². The lowest BCUT2D eigenvalue weighted by atomic mass is 9.76. The first-order valence-electron chi connectivity index (χ1n) is 7.85. The van der Waals surface area contributed by atoms with Crippen molar-refractivity contribution in [3.8, 4) is 0 Å². The van der Waals surface area contributed by atoms with Crippen LogP contribution in [0.3, 0.4) is 0 Å². The molecule has 1 atom stereocenters. The van der Waals surface area contributed by atoms with Gasteiger partial charge >= 0.3 is 6.18 Å². The van der Waals surface area contributed by atoms with Gasteiger partial charge in [0.25, 0.3) is 5.91 Å². The molecule has 0 aromatic carbocycles. The van der Waals surface area contributed by atoms with Gasteiger partial charge in [-0.1, -0.05) is 6.58 Å². The zero-order chi connectivity index (χ0) is 19.9. The number of nitrogens with one attached hydrogen (secondary N) is 2. The molecule has 0 bridgehead atoms. The van der Waals surface area contributed by atoms with Crippen molar-refractivity contribution in [3.63, 3.8) is 0 Å². The molecule has 0 saturated carbocycles. The van der Waals surface area contributed by atoms with Crippen molar-refractivity contribution in [1.29, 1.82) is 0 Å². The number of hydrogen-bond donors (Lipinski definition) is 3. The summed E-state index contributed by atoms with van der Waals surface area (Å²) in [7, 11) is 0. The fourth-order valence-corrected chi connectivity index (χ4v) is 2.65. The number of rotatable bonds is 4. The molecule has 1 aliphatic heterocycles. The van der Waals surface area contributed by atoms with E-state index in [9.17, 15) is 23.1 Å². The van der Waals surface area contributed by atoms with Crippen molar-refractivity contribution in [2.24, 2.45) is 10.1 Å². The van der Waals surface area contributed by atoms with Gasteiger partial charge in [-0.2, -0.15) is 18.3 Å². The highest BCUT2D eigenvalue weighted by atomic mass is 19.4. The quantitative estimate of drug-likeness (QED) is 0.524. The Morgan fingerprint density at radius 1 is 1.46 bits per heavy atom. The molecule has 0 fully saturated rings. The first-order chi connectivity index (χ1) is 11.7. The summed E-state index contributed by atoms with van der Waals surface area (Å²) in [5.41, 5.74) is 1.02. The maximum atomic E-state index is 12.6. The highest BCUT2D eigenvalue weighted by molar-refractivity contribution is 5.99. The third-order valence-corrected chi connectivity index (χ3v) is 4.27. The van der Waals surface area contributed by atoms with Crippen LogP contribution >= 0.6 is 0 Å². The molecule has 142 valence electrons. The van der Waals surface area contributed by atoms with Gasteiger partial charge in [-0.05, 0) is 39.3 Å². The van der Waals surface area contributed by atoms with Crippen molar-refractivity contribution in [2.45, 2.75) is 51.4 Å². The molecule has 0 aromatic rings. The average Bonchev–Trinajstić information content (AvgIpc) is 2.85. The van der Waals surface area contributed by atoms with E-state index in [0.29, 0.717) is 17.7 Å². The van der Waals surface area contributed by atoms with E-state index in [1.165, 1.54) is 0 Å². The highest BCUT2D eigenvalue weighted by Crippen LogP contribution is 2.38. The van der Waals surface area contributed by atoms with E-state index in [2.05, 4.69) is 27.4 Å². The number of halogens is 3. The molecular formula is C17H21F3N4O2. The summed E-state index contributed by atoms with van der Waals surface area (Å²) >= 11 is 0. The minimum Gasteiger partial charge on any atom is -0.386 e. The number of alkyl halides is 3. The summed E-state index contributed by atoms with van der Waals surface area (Å²) in [5.74, 6) is -0.881. The van der Waals surface area contributed by atoms with Gasteiger partial charge in [0, 0.05) is 17.7 Å². The molecule has 0 saturated heterocycles. The number of carbonyl (C=O) groups is 1. The van der Waals surface area contributed by atoms with Crippen LogP contribution in [-0.4, -0.2) is 40.3 Å². The summed E-state index contributed by atoms with van der Waals surface area (Å²) in [6, 6.07) is 0. The van der Waals surface area contributed by atoms with Crippen LogP contribution in [0.1, 0.15) is 34.1 Å². The number of hydrazone groups is 1. The third-order valence-electron chi connectivity index (χ3n) is 4.27. The Balaban J connectivity index is 2.32. The second-order valence-electron chi connectivity index (χ2n) is 7.03. The smallest absolute Gasteiger partial charge is 0.386 e. The van der Waals surface area contributed by atoms with Crippen molar-refractivity contribution in [2.75, 3.05) is 0 Å². The Bertz CT molecular complexity index is 770. The van der Waals surface area contributed by atoms with E-state index in [-0.39, 0.29) is 0 Å². The Morgan fingerprint density at radius 3 is 2.62 bits per heavy atom. The molecule has 0 radical (unpaired) electrons. The Morgan fingerprint density at radius 2 is 2.08 bits per heavy atom. The van der Waals surface area contributed by atoms with E-state index in [4.69, 9.17) is 0 Å². The Kier molecular flexibility index (Phi) is 4.89. The molecule has 0 spiro atoms. The highest BCUT2D eigenvalue weighted by Gasteiger charge is 2.40. The average molecular weight is 370 g/mol. The Labute approximate surface area is 149 Å². The molecular weight excluding hydrogens is 349 g/mol. The lowest BCUT2D eigenvalue weighted by molar-refractivity contribution is -0.116. The molecule has 1 heterocycles. The van der Waals surface area contributed by atoms with E-state index in [1.54, 1.807) is 26.1 Å². The largest absolute Gasteiger partial charge is 0.429 e. The van der Waals surface area contributed by atoms with E-state index >= 15 is 0 Å². The fraction of sp³-hybridized carbons (Fsp3) is 0.471. The maximum Gasteiger partial charge on any atom is 0.429 e. The molecule has 26 heavy (non-hydrogen) atoms. The van der Waals surface area contributed by atoms with Crippen LogP contribution in [0.15, 0.2) is 45.3 Å². The third kappa shape index (κ3) is 4.04. The number of nitrogens with zero attached hydrogens (tertiary/aromatic N) is 2. The molecule has 0 aromatic heterocycles. The van der Waals surface area contributed by atoms with Crippen molar-refractivity contribution in [3.05, 3.63) is 35.2 Å². The number of aliphatic imine (C=N–C) groups is 1. The van der Waals surface area contributed by atoms with Crippen LogP contribution in [0.2, 0.25) is 0 Å². The van der Waals surface area contributed by atoms with Crippen LogP contribution in [-0.2, 0) is 4.79 Å². The molecule has 1 unspecified atom stereocenters. The lowest BCUT2D eigenvalue weighted by Crippen LogP contribution is -2.44. The second kappa shape index (κ2) is 6.39. The second-order valence-corrected chi connectivity index (χ2v) is 7.03. The summed E-state index contributed by atoms with van der Waals surface area (Å²) in [6.45, 7) is 9.08. The summed E-state index contributed by atoms with van der Waals surface area (Å²) < 4.78 is 37.7. The monoisotopic (exact) mass is 370 g/mol. The normalized spacial score (nSPS) is 23.4. The standard InChI is InChI=1S/C17H21F3N4O2/c1-9(22-10(2)17(18,19)20)14(25)23-13-6-11-8-21-24-16(11,5)7-12(13)15(3,4)26/h6,8,24,26H,1,7H2,2-5H3,(H,23,25). The van der Waals surface area contributed by atoms with Crippen LogP contribution in [0.4, 0.5) is 13.2 Å². The van der Waals surface area contributed by atoms with Gasteiger partial charge in [-0.3, -0.25) is 10.2 Å². The van der Waals surface area contributed by atoms with Crippen LogP contribution in [0, 0.1) is 0 Å². The van der Waals surface area contributed by atoms with Crippen molar-refractivity contribution < 1.29 is 23.1 Å². The van der Waals surface area contributed by atoms with Gasteiger partial charge in [0.05, 0.1) is 17.4 Å². The minimum atomic E-state index is -4.64. The molecule has 6 nitrogen and oxygen atoms in total. The number of fused-ring (bicyclic) bond motifs is 1. The summed E-state index contributed by atoms with van der Waals surface area (Å²) in [6.07, 6.45) is -1.06. The molecule has 2 aliphatic rings. The maximum absolute atomic E-state index is 12.6. The van der Waals surface area contributed by atoms with Crippen molar-refractivity contribution >= 4 is 17.8 Å². The van der Waals surface area contributed by atoms with Crippen LogP contribution in [0.25, 0.3) is 0 Å². The molecule has 3 N–H and O–H groups in total. The fourth-order valence-electron chi connectivity index (χ4n) is 2.65. The van der Waals surface area contributed by atoms with Gasteiger partial charge in [0.1, 0.15) is 11.4 Å². The van der Waals surface area contributed by atoms with Gasteiger partial charge in [0.15, 0.2) is 0 Å². The molecule has 9 heteroatoms. The van der Waals surface area contributed by atoms with Gasteiger partial charge in [-0.15, -0.1) is 0 Å². The molecule has 2 rings (SSSR count). The molecule has 1 aliphatic carbocycles. The number of allylic oxidation sites excluding steroid dienone is 1. The zero-order valence-corrected chi connectivity index (χ0v) is 15.0. The first kappa shape index (κ1) is 19.9.